The number of hydrogen-bond donors (Lipinski definition) is 2. The second-order valence-electron chi connectivity index (χ2n) is 5.45. The molecule has 1 heterocycles. The van der Waals surface area contributed by atoms with E-state index in [-0.39, 0.29) is 10.3 Å². The molecule has 0 aliphatic heterocycles. The van der Waals surface area contributed by atoms with Gasteiger partial charge in [-0.25, -0.2) is 0 Å². The van der Waals surface area contributed by atoms with Crippen LogP contribution in [-0.2, 0) is 50.5 Å². The Morgan fingerprint density at radius 1 is 0.935 bits per heavy atom. The summed E-state index contributed by atoms with van der Waals surface area (Å²) in [6.07, 6.45) is 2.97. The SMILES string of the molecule is C/C(=N\N=C(/N)[S-])c1ccc2ccccc2c1.N/C([S-])=N\N=C\c1ccco1.[O]=[Mo+2]=[O]. The van der Waals surface area contributed by atoms with Crippen LogP contribution in [0.25, 0.3) is 10.8 Å². The van der Waals surface area contributed by atoms with Crippen LogP contribution in [0.5, 0.6) is 0 Å². The van der Waals surface area contributed by atoms with Crippen molar-refractivity contribution >= 4 is 58.3 Å². The topological polar surface area (TPSA) is 149 Å². The van der Waals surface area contributed by atoms with E-state index in [1.54, 1.807) is 18.4 Å². The number of nitrogens with zero attached hydrogens (tertiary/aromatic N) is 4. The number of rotatable bonds is 4. The summed E-state index contributed by atoms with van der Waals surface area (Å²) in [5, 5.41) is 17.1. The minimum absolute atomic E-state index is 0.00723. The molecule has 0 amide bonds. The Labute approximate surface area is 198 Å². The first-order valence-electron chi connectivity index (χ1n) is 8.40. The molecule has 0 fully saturated rings. The van der Waals surface area contributed by atoms with Gasteiger partial charge < -0.3 is 41.1 Å². The van der Waals surface area contributed by atoms with Gasteiger partial charge in [-0.1, -0.05) is 36.4 Å². The van der Waals surface area contributed by atoms with E-state index in [2.05, 4.69) is 69.9 Å². The number of benzene rings is 2. The van der Waals surface area contributed by atoms with Gasteiger partial charge in [-0.3, -0.25) is 0 Å². The second kappa shape index (κ2) is 14.9. The predicted octanol–water partition coefficient (Wildman–Crippen LogP) is 2.66. The molecule has 0 unspecified atom stereocenters. The first-order valence-corrected chi connectivity index (χ1v) is 10.9. The molecule has 0 atom stereocenters. The summed E-state index contributed by atoms with van der Waals surface area (Å²) in [6, 6.07) is 17.8. The third-order valence-electron chi connectivity index (χ3n) is 3.35. The van der Waals surface area contributed by atoms with E-state index in [9.17, 15) is 0 Å². The van der Waals surface area contributed by atoms with Gasteiger partial charge in [0.25, 0.3) is 0 Å². The van der Waals surface area contributed by atoms with Crippen molar-refractivity contribution < 1.29 is 29.7 Å². The van der Waals surface area contributed by atoms with Crippen molar-refractivity contribution in [3.8, 4) is 0 Å². The van der Waals surface area contributed by atoms with Crippen LogP contribution in [0.3, 0.4) is 0 Å². The zero-order valence-corrected chi connectivity index (χ0v) is 19.9. The number of amidine groups is 2. The second-order valence-corrected chi connectivity index (χ2v) is 6.62. The normalized spacial score (nSPS) is 11.8. The van der Waals surface area contributed by atoms with Gasteiger partial charge in [0.05, 0.1) is 18.2 Å². The molecule has 0 saturated heterocycles. The molecule has 9 nitrogen and oxygen atoms in total. The molecule has 4 N–H and O–H groups in total. The molecule has 160 valence electrons. The standard InChI is InChI=1S/C13H13N3S.C6H7N3OS.Mo.2O/c1-9(15-16-13(14)17)11-7-6-10-4-2-3-5-12(10)8-11;7-6(11)9-8-4-5-2-1-3-10-5;;;/h2-8H,1H3,(H3,14,16,17);1-4H,(H3,7,9,11);;;/q;;+2;;/p-2/b15-9+;8-4+;;;. The van der Waals surface area contributed by atoms with E-state index in [4.69, 9.17) is 22.7 Å². The summed E-state index contributed by atoms with van der Waals surface area (Å²) in [6.45, 7) is 1.88. The first kappa shape index (κ1) is 26.0. The van der Waals surface area contributed by atoms with E-state index >= 15 is 0 Å². The molecular formula is C19H18MoN6O3S2. The van der Waals surface area contributed by atoms with Crippen molar-refractivity contribution in [2.75, 3.05) is 0 Å². The summed E-state index contributed by atoms with van der Waals surface area (Å²) in [7, 11) is 0. The maximum atomic E-state index is 8.50. The molecule has 31 heavy (non-hydrogen) atoms. The quantitative estimate of drug-likeness (QED) is 0.171. The van der Waals surface area contributed by atoms with Crippen LogP contribution >= 0.6 is 0 Å². The molecule has 12 heteroatoms. The summed E-state index contributed by atoms with van der Waals surface area (Å²) in [5.74, 6) is 0.616. The van der Waals surface area contributed by atoms with Gasteiger partial charge in [-0.05, 0) is 51.8 Å². The Morgan fingerprint density at radius 3 is 2.16 bits per heavy atom. The van der Waals surface area contributed by atoms with Crippen molar-refractivity contribution in [1.82, 2.24) is 0 Å². The molecular weight excluding hydrogens is 520 g/mol. The van der Waals surface area contributed by atoms with Crippen molar-refractivity contribution in [3.63, 3.8) is 0 Å². The molecule has 0 spiro atoms. The Bertz CT molecular complexity index is 1120. The summed E-state index contributed by atoms with van der Waals surface area (Å²) in [5.41, 5.74) is 12.1. The van der Waals surface area contributed by atoms with E-state index in [1.807, 2.05) is 25.1 Å². The van der Waals surface area contributed by atoms with Crippen LogP contribution < -0.4 is 11.5 Å². The van der Waals surface area contributed by atoms with Crippen molar-refractivity contribution in [3.05, 3.63) is 72.2 Å². The van der Waals surface area contributed by atoms with Crippen LogP contribution in [0.15, 0.2) is 85.7 Å². The van der Waals surface area contributed by atoms with Crippen molar-refractivity contribution in [2.45, 2.75) is 6.92 Å². The third-order valence-corrected chi connectivity index (χ3v) is 3.51. The molecule has 0 bridgehead atoms. The predicted molar refractivity (Wildman–Crippen MR) is 122 cm³/mol. The minimum atomic E-state index is -2.03. The van der Waals surface area contributed by atoms with Gasteiger partial charge in [0.15, 0.2) is 0 Å². The van der Waals surface area contributed by atoms with Crippen molar-refractivity contribution in [2.24, 2.45) is 31.9 Å². The summed E-state index contributed by atoms with van der Waals surface area (Å²) >= 11 is 7.07. The summed E-state index contributed by atoms with van der Waals surface area (Å²) < 4.78 is 21.9. The maximum absolute atomic E-state index is 8.50. The molecule has 0 saturated carbocycles. The fraction of sp³-hybridized carbons (Fsp3) is 0.0526. The fourth-order valence-corrected chi connectivity index (χ4v) is 2.19. The van der Waals surface area contributed by atoms with Gasteiger partial charge in [-0.2, -0.15) is 20.4 Å². The van der Waals surface area contributed by atoms with E-state index < -0.39 is 18.5 Å². The van der Waals surface area contributed by atoms with Crippen LogP contribution in [-0.4, -0.2) is 22.3 Å². The fourth-order valence-electron chi connectivity index (χ4n) is 2.10. The van der Waals surface area contributed by atoms with Gasteiger partial charge >= 0.3 is 25.3 Å². The van der Waals surface area contributed by atoms with Gasteiger partial charge in [0.2, 0.25) is 0 Å². The van der Waals surface area contributed by atoms with E-state index in [0.29, 0.717) is 5.76 Å². The van der Waals surface area contributed by atoms with Gasteiger partial charge in [-0.15, -0.1) is 0 Å². The molecule has 3 rings (SSSR count). The average Bonchev–Trinajstić information content (AvgIpc) is 3.26. The van der Waals surface area contributed by atoms with E-state index in [1.165, 1.54) is 17.0 Å². The number of hydrogen-bond acceptors (Lipinski definition) is 9. The van der Waals surface area contributed by atoms with Crippen LogP contribution in [0.4, 0.5) is 0 Å². The summed E-state index contributed by atoms with van der Waals surface area (Å²) in [4.78, 5) is 0. The average molecular weight is 538 g/mol. The Hall–Kier alpha value is -3.01. The first-order chi connectivity index (χ1) is 14.9. The van der Waals surface area contributed by atoms with Crippen LogP contribution in [0, 0.1) is 0 Å². The Morgan fingerprint density at radius 2 is 1.58 bits per heavy atom. The number of furan rings is 1. The van der Waals surface area contributed by atoms with Gasteiger partial charge in [0, 0.05) is 0 Å². The Kier molecular flexibility index (Phi) is 12.5. The molecule has 0 aliphatic rings. The molecule has 0 radical (unpaired) electrons. The monoisotopic (exact) mass is 540 g/mol. The third kappa shape index (κ3) is 11.1. The van der Waals surface area contributed by atoms with Crippen LogP contribution in [0.2, 0.25) is 0 Å². The van der Waals surface area contributed by atoms with Gasteiger partial charge in [0.1, 0.15) is 5.76 Å². The zero-order chi connectivity index (χ0) is 23.1. The zero-order valence-electron chi connectivity index (χ0n) is 16.2. The van der Waals surface area contributed by atoms with E-state index in [0.717, 1.165) is 11.3 Å². The Balaban J connectivity index is 0.000000296. The molecule has 0 aliphatic carbocycles. The number of nitrogens with two attached hydrogens (primary N) is 2. The van der Waals surface area contributed by atoms with Crippen LogP contribution in [0.1, 0.15) is 18.2 Å². The molecule has 2 aromatic carbocycles. The van der Waals surface area contributed by atoms with Crippen molar-refractivity contribution in [1.29, 1.82) is 0 Å². The molecule has 1 aromatic heterocycles. The number of fused-ring (bicyclic) bond motifs is 1. The molecule has 3 aromatic rings.